The second-order valence-corrected chi connectivity index (χ2v) is 6.98. The Morgan fingerprint density at radius 1 is 0.704 bits per heavy atom. The molecule has 0 aromatic carbocycles. The van der Waals surface area contributed by atoms with Crippen molar-refractivity contribution in [2.75, 3.05) is 6.61 Å². The largest absolute Gasteiger partial charge is 0.466 e. The van der Waals surface area contributed by atoms with Crippen molar-refractivity contribution in [3.63, 3.8) is 0 Å². The maximum absolute atomic E-state index is 11.2. The molecule has 0 amide bonds. The van der Waals surface area contributed by atoms with E-state index in [2.05, 4.69) is 37.0 Å². The molecule has 0 aromatic heterocycles. The van der Waals surface area contributed by atoms with E-state index in [-0.39, 0.29) is 5.97 Å². The van der Waals surface area contributed by atoms with Crippen molar-refractivity contribution in [3.8, 4) is 11.8 Å². The molecule has 0 aliphatic carbocycles. The number of esters is 1. The molecule has 2 heteroatoms. The molecule has 0 aliphatic rings. The van der Waals surface area contributed by atoms with Crippen molar-refractivity contribution in [1.29, 1.82) is 0 Å². The number of hydrogen-bond donors (Lipinski definition) is 0. The summed E-state index contributed by atoms with van der Waals surface area (Å²) in [6.07, 6.45) is 26.2. The smallest absolute Gasteiger partial charge is 0.306 e. The molecule has 0 aliphatic heterocycles. The number of allylic oxidation sites excluding steroid dienone is 4. The van der Waals surface area contributed by atoms with E-state index in [0.29, 0.717) is 13.0 Å². The molecule has 0 radical (unpaired) electrons. The van der Waals surface area contributed by atoms with Crippen LogP contribution < -0.4 is 0 Å². The van der Waals surface area contributed by atoms with E-state index in [1.165, 1.54) is 57.8 Å². The average molecular weight is 375 g/mol. The first-order valence-corrected chi connectivity index (χ1v) is 11.2. The third kappa shape index (κ3) is 22.5. The van der Waals surface area contributed by atoms with E-state index in [1.807, 2.05) is 13.0 Å². The van der Waals surface area contributed by atoms with E-state index >= 15 is 0 Å². The molecule has 0 unspecified atom stereocenters. The molecule has 154 valence electrons. The zero-order chi connectivity index (χ0) is 19.8. The predicted octanol–water partition coefficient (Wildman–Crippen LogP) is 7.54. The van der Waals surface area contributed by atoms with Gasteiger partial charge in [0.2, 0.25) is 0 Å². The summed E-state index contributed by atoms with van der Waals surface area (Å²) in [4.78, 5) is 11.2. The molecule has 0 N–H and O–H groups in total. The zero-order valence-corrected chi connectivity index (χ0v) is 17.9. The Kier molecular flexibility index (Phi) is 21.3. The monoisotopic (exact) mass is 374 g/mol. The zero-order valence-electron chi connectivity index (χ0n) is 17.9. The van der Waals surface area contributed by atoms with Gasteiger partial charge in [-0.1, -0.05) is 76.2 Å². The second-order valence-electron chi connectivity index (χ2n) is 6.98. The Balaban J connectivity index is 3.33. The van der Waals surface area contributed by atoms with Crippen LogP contribution in [0.25, 0.3) is 0 Å². The highest BCUT2D eigenvalue weighted by atomic mass is 16.5. The van der Waals surface area contributed by atoms with Gasteiger partial charge in [0.15, 0.2) is 0 Å². The van der Waals surface area contributed by atoms with Crippen molar-refractivity contribution in [2.24, 2.45) is 0 Å². The quantitative estimate of drug-likeness (QED) is 0.114. The maximum atomic E-state index is 11.2. The minimum atomic E-state index is -0.114. The molecular weight excluding hydrogens is 332 g/mol. The molecule has 2 nitrogen and oxygen atoms in total. The Hall–Kier alpha value is -1.49. The molecule has 27 heavy (non-hydrogen) atoms. The number of carbonyl (C=O) groups is 1. The van der Waals surface area contributed by atoms with Gasteiger partial charge in [0.25, 0.3) is 0 Å². The van der Waals surface area contributed by atoms with Crippen molar-refractivity contribution >= 4 is 5.97 Å². The summed E-state index contributed by atoms with van der Waals surface area (Å²) in [6.45, 7) is 4.57. The Morgan fingerprint density at radius 3 is 1.81 bits per heavy atom. The van der Waals surface area contributed by atoms with Gasteiger partial charge in [0.05, 0.1) is 6.61 Å². The van der Waals surface area contributed by atoms with Crippen LogP contribution in [0.2, 0.25) is 0 Å². The van der Waals surface area contributed by atoms with Crippen LogP contribution in [0.5, 0.6) is 0 Å². The molecule has 0 saturated heterocycles. The number of unbranched alkanes of at least 4 members (excludes halogenated alkanes) is 10. The van der Waals surface area contributed by atoms with Crippen molar-refractivity contribution < 1.29 is 9.53 Å². The van der Waals surface area contributed by atoms with Crippen molar-refractivity contribution in [1.82, 2.24) is 0 Å². The van der Waals surface area contributed by atoms with Crippen LogP contribution in [0, 0.1) is 11.8 Å². The van der Waals surface area contributed by atoms with E-state index in [9.17, 15) is 4.79 Å². The third-order valence-corrected chi connectivity index (χ3v) is 4.38. The van der Waals surface area contributed by atoms with Crippen LogP contribution in [0.4, 0.5) is 0 Å². The third-order valence-electron chi connectivity index (χ3n) is 4.38. The highest BCUT2D eigenvalue weighted by Crippen LogP contribution is 2.09. The van der Waals surface area contributed by atoms with Crippen LogP contribution in [0.15, 0.2) is 24.3 Å². The summed E-state index contributed by atoms with van der Waals surface area (Å²) in [5.41, 5.74) is 0. The topological polar surface area (TPSA) is 26.3 Å². The van der Waals surface area contributed by atoms with Gasteiger partial charge < -0.3 is 4.74 Å². The highest BCUT2D eigenvalue weighted by Gasteiger charge is 1.97. The number of hydrogen-bond acceptors (Lipinski definition) is 2. The van der Waals surface area contributed by atoms with Gasteiger partial charge in [-0.3, -0.25) is 4.79 Å². The molecule has 0 saturated carbocycles. The van der Waals surface area contributed by atoms with Gasteiger partial charge in [-0.2, -0.15) is 0 Å². The first-order valence-electron chi connectivity index (χ1n) is 11.2. The molecule has 0 atom stereocenters. The predicted molar refractivity (Wildman–Crippen MR) is 118 cm³/mol. The summed E-state index contributed by atoms with van der Waals surface area (Å²) in [5.74, 6) is 6.34. The van der Waals surface area contributed by atoms with E-state index in [1.54, 1.807) is 0 Å². The summed E-state index contributed by atoms with van der Waals surface area (Å²) in [6, 6.07) is 0. The molecule has 0 heterocycles. The number of ether oxygens (including phenoxy) is 1. The lowest BCUT2D eigenvalue weighted by molar-refractivity contribution is -0.143. The molecule has 0 fully saturated rings. The van der Waals surface area contributed by atoms with E-state index in [0.717, 1.165) is 32.1 Å². The Labute approximate surface area is 168 Å². The molecule has 0 bridgehead atoms. The lowest BCUT2D eigenvalue weighted by Gasteiger charge is -1.99. The van der Waals surface area contributed by atoms with E-state index in [4.69, 9.17) is 4.74 Å². The van der Waals surface area contributed by atoms with Gasteiger partial charge in [0.1, 0.15) is 0 Å². The SMILES string of the molecule is CCCCCCCCCC/C=C/CCC#CCC/C=C/CCC(=O)OCC. The summed E-state index contributed by atoms with van der Waals surface area (Å²) >= 11 is 0. The minimum absolute atomic E-state index is 0.114. The first-order chi connectivity index (χ1) is 13.3. The van der Waals surface area contributed by atoms with Gasteiger partial charge in [-0.25, -0.2) is 0 Å². The summed E-state index contributed by atoms with van der Waals surface area (Å²) in [5, 5.41) is 0. The van der Waals surface area contributed by atoms with Crippen LogP contribution >= 0.6 is 0 Å². The fourth-order valence-corrected chi connectivity index (χ4v) is 2.79. The summed E-state index contributed by atoms with van der Waals surface area (Å²) in [7, 11) is 0. The van der Waals surface area contributed by atoms with Crippen molar-refractivity contribution in [2.45, 2.75) is 110 Å². The Bertz CT molecular complexity index is 437. The fourth-order valence-electron chi connectivity index (χ4n) is 2.79. The minimum Gasteiger partial charge on any atom is -0.466 e. The van der Waals surface area contributed by atoms with Gasteiger partial charge >= 0.3 is 5.97 Å². The second kappa shape index (κ2) is 22.6. The first kappa shape index (κ1) is 25.5. The Morgan fingerprint density at radius 2 is 1.22 bits per heavy atom. The fraction of sp³-hybridized carbons (Fsp3) is 0.720. The lowest BCUT2D eigenvalue weighted by atomic mass is 10.1. The van der Waals surface area contributed by atoms with Crippen molar-refractivity contribution in [3.05, 3.63) is 24.3 Å². The highest BCUT2D eigenvalue weighted by molar-refractivity contribution is 5.69. The van der Waals surface area contributed by atoms with Crippen LogP contribution in [-0.4, -0.2) is 12.6 Å². The van der Waals surface area contributed by atoms with Gasteiger partial charge in [0, 0.05) is 19.3 Å². The van der Waals surface area contributed by atoms with Gasteiger partial charge in [-0.15, -0.1) is 11.8 Å². The van der Waals surface area contributed by atoms with Crippen LogP contribution in [-0.2, 0) is 9.53 Å². The van der Waals surface area contributed by atoms with Crippen LogP contribution in [0.1, 0.15) is 110 Å². The van der Waals surface area contributed by atoms with Crippen LogP contribution in [0.3, 0.4) is 0 Å². The maximum Gasteiger partial charge on any atom is 0.306 e. The summed E-state index contributed by atoms with van der Waals surface area (Å²) < 4.78 is 4.88. The number of rotatable bonds is 17. The molecule has 0 aromatic rings. The molecule has 0 spiro atoms. The molecule has 0 rings (SSSR count). The normalized spacial score (nSPS) is 11.0. The number of carbonyl (C=O) groups excluding carboxylic acids is 1. The average Bonchev–Trinajstić information content (AvgIpc) is 2.66. The van der Waals surface area contributed by atoms with E-state index < -0.39 is 0 Å². The molecular formula is C25H42O2. The van der Waals surface area contributed by atoms with Gasteiger partial charge in [-0.05, 0) is 39.0 Å². The standard InChI is InChI=1S/C25H42O2/c1-3-5-6-7-8-9-10-11-12-13-14-15-16-17-18-19-20-21-22-23-24-25(26)27-4-2/h13-14,21-22H,3-12,15-16,19-20,23-24H2,1-2H3/b14-13+,22-21+. The lowest BCUT2D eigenvalue weighted by Crippen LogP contribution is -2.02.